The van der Waals surface area contributed by atoms with Crippen LogP contribution < -0.4 is 4.72 Å². The highest BCUT2D eigenvalue weighted by molar-refractivity contribution is 9.11. The molecule has 0 aliphatic carbocycles. The molecule has 0 saturated carbocycles. The zero-order valence-corrected chi connectivity index (χ0v) is 14.2. The number of aliphatic hydroxyl groups is 1. The van der Waals surface area contributed by atoms with Crippen molar-refractivity contribution in [3.63, 3.8) is 0 Å². The van der Waals surface area contributed by atoms with Crippen LogP contribution in [0.1, 0.15) is 5.56 Å². The monoisotopic (exact) mass is 419 g/mol. The van der Waals surface area contributed by atoms with E-state index in [0.29, 0.717) is 20.2 Å². The molecule has 0 bridgehead atoms. The molecule has 2 aromatic carbocycles. The van der Waals surface area contributed by atoms with Crippen molar-refractivity contribution in [2.24, 2.45) is 0 Å². The fourth-order valence-electron chi connectivity index (χ4n) is 1.60. The molecule has 2 aromatic rings. The first-order valence-corrected chi connectivity index (χ1v) is 8.67. The molecule has 0 aromatic heterocycles. The molecule has 20 heavy (non-hydrogen) atoms. The molecule has 0 unspecified atom stereocenters. The number of benzene rings is 2. The summed E-state index contributed by atoms with van der Waals surface area (Å²) in [6, 6.07) is 11.4. The SMILES string of the molecule is O=S(=O)(Nc1c(Br)cccc1Br)c1cccc(CO)c1. The number of rotatable bonds is 4. The lowest BCUT2D eigenvalue weighted by Crippen LogP contribution is -2.14. The summed E-state index contributed by atoms with van der Waals surface area (Å²) in [6.45, 7) is -0.206. The molecule has 0 aliphatic rings. The molecule has 7 heteroatoms. The largest absolute Gasteiger partial charge is 0.392 e. The summed E-state index contributed by atoms with van der Waals surface area (Å²) in [7, 11) is -3.71. The van der Waals surface area contributed by atoms with E-state index in [2.05, 4.69) is 36.6 Å². The molecule has 0 spiro atoms. The highest BCUT2D eigenvalue weighted by Gasteiger charge is 2.17. The highest BCUT2D eigenvalue weighted by Crippen LogP contribution is 2.32. The number of halogens is 2. The molecular formula is C13H11Br2NO3S. The average molecular weight is 421 g/mol. The average Bonchev–Trinajstić information content (AvgIpc) is 2.43. The van der Waals surface area contributed by atoms with Crippen molar-refractivity contribution in [3.8, 4) is 0 Å². The van der Waals surface area contributed by atoms with Gasteiger partial charge >= 0.3 is 0 Å². The Morgan fingerprint density at radius 3 is 2.25 bits per heavy atom. The van der Waals surface area contributed by atoms with Gasteiger partial charge < -0.3 is 5.11 Å². The Balaban J connectivity index is 2.41. The Morgan fingerprint density at radius 2 is 1.65 bits per heavy atom. The summed E-state index contributed by atoms with van der Waals surface area (Å²) in [5.74, 6) is 0. The maximum Gasteiger partial charge on any atom is 0.261 e. The van der Waals surface area contributed by atoms with Crippen LogP contribution in [-0.2, 0) is 16.6 Å². The van der Waals surface area contributed by atoms with Gasteiger partial charge in [0, 0.05) is 8.95 Å². The van der Waals surface area contributed by atoms with Crippen molar-refractivity contribution in [3.05, 3.63) is 57.0 Å². The number of aliphatic hydroxyl groups excluding tert-OH is 1. The second kappa shape index (κ2) is 6.26. The summed E-state index contributed by atoms with van der Waals surface area (Å²) in [4.78, 5) is 0.103. The van der Waals surface area contributed by atoms with Crippen LogP contribution >= 0.6 is 31.9 Å². The van der Waals surface area contributed by atoms with Crippen molar-refractivity contribution in [1.82, 2.24) is 0 Å². The van der Waals surface area contributed by atoms with Gasteiger partial charge in [-0.15, -0.1) is 0 Å². The molecule has 2 rings (SSSR count). The molecule has 4 nitrogen and oxygen atoms in total. The number of nitrogens with one attached hydrogen (secondary N) is 1. The van der Waals surface area contributed by atoms with Crippen LogP contribution in [0.25, 0.3) is 0 Å². The maximum atomic E-state index is 12.3. The second-order valence-corrected chi connectivity index (χ2v) is 7.40. The van der Waals surface area contributed by atoms with Gasteiger partial charge in [0.2, 0.25) is 0 Å². The maximum absolute atomic E-state index is 12.3. The quantitative estimate of drug-likeness (QED) is 0.795. The smallest absolute Gasteiger partial charge is 0.261 e. The van der Waals surface area contributed by atoms with E-state index in [1.54, 1.807) is 30.3 Å². The highest BCUT2D eigenvalue weighted by atomic mass is 79.9. The Bertz CT molecular complexity index is 712. The molecule has 0 fully saturated rings. The Hall–Kier alpha value is -0.890. The minimum absolute atomic E-state index is 0.103. The minimum Gasteiger partial charge on any atom is -0.392 e. The summed E-state index contributed by atoms with van der Waals surface area (Å²) in [5.41, 5.74) is 0.973. The number of anilines is 1. The van der Waals surface area contributed by atoms with Crippen molar-refractivity contribution in [1.29, 1.82) is 0 Å². The number of hydrogen-bond acceptors (Lipinski definition) is 3. The predicted octanol–water partition coefficient (Wildman–Crippen LogP) is 3.50. The van der Waals surface area contributed by atoms with E-state index < -0.39 is 10.0 Å². The van der Waals surface area contributed by atoms with E-state index >= 15 is 0 Å². The Morgan fingerprint density at radius 1 is 1.05 bits per heavy atom. The third-order valence-electron chi connectivity index (χ3n) is 2.59. The molecule has 0 saturated heterocycles. The number of hydrogen-bond donors (Lipinski definition) is 2. The Labute approximate surface area is 134 Å². The summed E-state index contributed by atoms with van der Waals surface area (Å²) < 4.78 is 28.5. The van der Waals surface area contributed by atoms with Gasteiger partial charge in [0.15, 0.2) is 0 Å². The zero-order valence-electron chi connectivity index (χ0n) is 10.2. The van der Waals surface area contributed by atoms with Gasteiger partial charge in [-0.3, -0.25) is 4.72 Å². The van der Waals surface area contributed by atoms with Gasteiger partial charge in [-0.1, -0.05) is 18.2 Å². The van der Waals surface area contributed by atoms with Crippen LogP contribution in [0.4, 0.5) is 5.69 Å². The van der Waals surface area contributed by atoms with E-state index in [9.17, 15) is 8.42 Å². The fourth-order valence-corrected chi connectivity index (χ4v) is 4.23. The lowest BCUT2D eigenvalue weighted by Gasteiger charge is -2.12. The molecule has 106 valence electrons. The van der Waals surface area contributed by atoms with E-state index in [1.165, 1.54) is 12.1 Å². The van der Waals surface area contributed by atoms with Gasteiger partial charge in [-0.2, -0.15) is 0 Å². The van der Waals surface area contributed by atoms with E-state index in [-0.39, 0.29) is 11.5 Å². The molecule has 0 atom stereocenters. The van der Waals surface area contributed by atoms with Crippen molar-refractivity contribution in [2.45, 2.75) is 11.5 Å². The molecule has 0 radical (unpaired) electrons. The lowest BCUT2D eigenvalue weighted by molar-refractivity contribution is 0.281. The first-order chi connectivity index (χ1) is 9.44. The standard InChI is InChI=1S/C13H11Br2NO3S/c14-11-5-2-6-12(15)13(11)16-20(18,19)10-4-1-3-9(7-10)8-17/h1-7,16-17H,8H2. The zero-order chi connectivity index (χ0) is 14.8. The van der Waals surface area contributed by atoms with Crippen LogP contribution in [-0.4, -0.2) is 13.5 Å². The van der Waals surface area contributed by atoms with Gasteiger partial charge in [-0.05, 0) is 61.7 Å². The van der Waals surface area contributed by atoms with Gasteiger partial charge in [0.1, 0.15) is 0 Å². The van der Waals surface area contributed by atoms with Crippen molar-refractivity contribution >= 4 is 47.6 Å². The third-order valence-corrected chi connectivity index (χ3v) is 5.26. The first kappa shape index (κ1) is 15.5. The molecule has 2 N–H and O–H groups in total. The van der Waals surface area contributed by atoms with Gasteiger partial charge in [0.25, 0.3) is 10.0 Å². The molecule has 0 amide bonds. The van der Waals surface area contributed by atoms with Gasteiger partial charge in [-0.25, -0.2) is 8.42 Å². The van der Waals surface area contributed by atoms with E-state index in [4.69, 9.17) is 5.11 Å². The predicted molar refractivity (Wildman–Crippen MR) is 85.0 cm³/mol. The summed E-state index contributed by atoms with van der Waals surface area (Å²) in [6.07, 6.45) is 0. The molecule has 0 heterocycles. The third kappa shape index (κ3) is 3.41. The van der Waals surface area contributed by atoms with Crippen LogP contribution in [0.15, 0.2) is 56.3 Å². The lowest BCUT2D eigenvalue weighted by atomic mass is 10.2. The number of para-hydroxylation sites is 1. The topological polar surface area (TPSA) is 66.4 Å². The van der Waals surface area contributed by atoms with Crippen LogP contribution in [0, 0.1) is 0 Å². The van der Waals surface area contributed by atoms with Crippen molar-refractivity contribution in [2.75, 3.05) is 4.72 Å². The second-order valence-electron chi connectivity index (χ2n) is 4.01. The van der Waals surface area contributed by atoms with Crippen molar-refractivity contribution < 1.29 is 13.5 Å². The van der Waals surface area contributed by atoms with Crippen LogP contribution in [0.2, 0.25) is 0 Å². The number of sulfonamides is 1. The van der Waals surface area contributed by atoms with Crippen LogP contribution in [0.5, 0.6) is 0 Å². The molecular weight excluding hydrogens is 410 g/mol. The fraction of sp³-hybridized carbons (Fsp3) is 0.0769. The van der Waals surface area contributed by atoms with Gasteiger partial charge in [0.05, 0.1) is 17.2 Å². The van der Waals surface area contributed by atoms with Crippen LogP contribution in [0.3, 0.4) is 0 Å². The normalized spacial score (nSPS) is 11.3. The summed E-state index contributed by atoms with van der Waals surface area (Å²) in [5, 5.41) is 9.08. The first-order valence-electron chi connectivity index (χ1n) is 5.60. The van der Waals surface area contributed by atoms with E-state index in [0.717, 1.165) is 0 Å². The Kier molecular flexibility index (Phi) is 4.85. The summed E-state index contributed by atoms with van der Waals surface area (Å²) >= 11 is 6.61. The minimum atomic E-state index is -3.71. The van der Waals surface area contributed by atoms with E-state index in [1.807, 2.05) is 0 Å². The molecule has 0 aliphatic heterocycles.